The zero-order valence-electron chi connectivity index (χ0n) is 17.1. The standard InChI is InChI=1S/C25H26F3NO/c1-2-3-4-5-18-6-8-19(9-7-18)20-10-13-22(14-11-20)25(27,28)30-23-15-12-21(17-29)24(26)16-23/h4-5,10-16,18-19H,2-3,6-9H2,1H3/b5-4+. The van der Waals surface area contributed by atoms with Gasteiger partial charge < -0.3 is 4.74 Å². The monoisotopic (exact) mass is 413 g/mol. The lowest BCUT2D eigenvalue weighted by Crippen LogP contribution is -2.22. The number of nitrogens with zero attached hydrogens (tertiary/aromatic N) is 1. The fraction of sp³-hybridized carbons (Fsp3) is 0.400. The summed E-state index contributed by atoms with van der Waals surface area (Å²) in [6.07, 6.45) is 7.62. The highest BCUT2D eigenvalue weighted by atomic mass is 19.3. The number of hydrogen-bond donors (Lipinski definition) is 0. The van der Waals surface area contributed by atoms with Gasteiger partial charge in [0.05, 0.1) is 11.1 Å². The van der Waals surface area contributed by atoms with Crippen LogP contribution >= 0.6 is 0 Å². The Bertz CT molecular complexity index is 907. The summed E-state index contributed by atoms with van der Waals surface area (Å²) in [6, 6.07) is 11.0. The smallest absolute Gasteiger partial charge is 0.426 e. The molecule has 0 N–H and O–H groups in total. The maximum Gasteiger partial charge on any atom is 0.426 e. The molecular weight excluding hydrogens is 387 g/mol. The minimum Gasteiger partial charge on any atom is -0.429 e. The molecule has 0 aliphatic heterocycles. The van der Waals surface area contributed by atoms with Crippen molar-refractivity contribution in [1.82, 2.24) is 0 Å². The predicted molar refractivity (Wildman–Crippen MR) is 111 cm³/mol. The largest absolute Gasteiger partial charge is 0.429 e. The molecule has 0 heterocycles. The lowest BCUT2D eigenvalue weighted by Gasteiger charge is -2.27. The van der Waals surface area contributed by atoms with Crippen molar-refractivity contribution in [2.75, 3.05) is 0 Å². The van der Waals surface area contributed by atoms with E-state index in [0.717, 1.165) is 62.3 Å². The van der Waals surface area contributed by atoms with E-state index in [-0.39, 0.29) is 16.9 Å². The molecule has 158 valence electrons. The molecule has 0 unspecified atom stereocenters. The van der Waals surface area contributed by atoms with E-state index in [4.69, 9.17) is 10.00 Å². The minimum absolute atomic E-state index is 0.217. The van der Waals surface area contributed by atoms with Gasteiger partial charge in [-0.15, -0.1) is 0 Å². The minimum atomic E-state index is -3.60. The Labute approximate surface area is 176 Å². The average Bonchev–Trinajstić information content (AvgIpc) is 2.74. The fourth-order valence-electron chi connectivity index (χ4n) is 3.91. The van der Waals surface area contributed by atoms with Gasteiger partial charge in [-0.1, -0.05) is 37.6 Å². The molecule has 1 aliphatic carbocycles. The van der Waals surface area contributed by atoms with Crippen LogP contribution in [0, 0.1) is 23.1 Å². The number of halogens is 3. The number of benzene rings is 2. The van der Waals surface area contributed by atoms with Gasteiger partial charge in [0.15, 0.2) is 0 Å². The molecule has 1 saturated carbocycles. The number of ether oxygens (including phenoxy) is 1. The van der Waals surface area contributed by atoms with Gasteiger partial charge in [0.25, 0.3) is 0 Å². The number of unbranched alkanes of at least 4 members (excludes halogenated alkanes) is 1. The molecule has 0 saturated heterocycles. The van der Waals surface area contributed by atoms with Crippen LogP contribution in [0.15, 0.2) is 54.6 Å². The van der Waals surface area contributed by atoms with E-state index < -0.39 is 11.9 Å². The van der Waals surface area contributed by atoms with Crippen LogP contribution in [0.25, 0.3) is 0 Å². The van der Waals surface area contributed by atoms with Crippen LogP contribution in [0.5, 0.6) is 5.75 Å². The van der Waals surface area contributed by atoms with Crippen molar-refractivity contribution in [2.45, 2.75) is 57.5 Å². The van der Waals surface area contributed by atoms with E-state index in [2.05, 4.69) is 19.1 Å². The van der Waals surface area contributed by atoms with Crippen LogP contribution in [0.3, 0.4) is 0 Å². The lowest BCUT2D eigenvalue weighted by molar-refractivity contribution is -0.185. The van der Waals surface area contributed by atoms with Crippen LogP contribution < -0.4 is 4.74 Å². The van der Waals surface area contributed by atoms with Crippen molar-refractivity contribution in [1.29, 1.82) is 5.26 Å². The maximum absolute atomic E-state index is 14.5. The summed E-state index contributed by atoms with van der Waals surface area (Å²) in [5, 5.41) is 8.73. The second-order valence-electron chi connectivity index (χ2n) is 7.82. The molecular formula is C25H26F3NO. The SMILES string of the molecule is CCC/C=C/C1CCC(c2ccc(C(F)(F)Oc3ccc(C#N)c(F)c3)cc2)CC1. The first-order valence-electron chi connectivity index (χ1n) is 10.5. The Morgan fingerprint density at radius 1 is 1.10 bits per heavy atom. The summed E-state index contributed by atoms with van der Waals surface area (Å²) < 4.78 is 47.4. The van der Waals surface area contributed by atoms with Crippen molar-refractivity contribution in [2.24, 2.45) is 5.92 Å². The van der Waals surface area contributed by atoms with Crippen LogP contribution in [0.2, 0.25) is 0 Å². The van der Waals surface area contributed by atoms with Crippen molar-refractivity contribution in [3.8, 4) is 11.8 Å². The third kappa shape index (κ3) is 5.44. The number of nitriles is 1. The van der Waals surface area contributed by atoms with Gasteiger partial charge in [0.2, 0.25) is 0 Å². The highest BCUT2D eigenvalue weighted by molar-refractivity contribution is 5.37. The van der Waals surface area contributed by atoms with Gasteiger partial charge in [-0.2, -0.15) is 14.0 Å². The zero-order chi connectivity index (χ0) is 21.6. The quantitative estimate of drug-likeness (QED) is 0.442. The van der Waals surface area contributed by atoms with Crippen LogP contribution in [-0.4, -0.2) is 0 Å². The van der Waals surface area contributed by atoms with E-state index in [1.54, 1.807) is 18.2 Å². The van der Waals surface area contributed by atoms with Crippen LogP contribution in [0.4, 0.5) is 13.2 Å². The molecule has 2 aromatic carbocycles. The van der Waals surface area contributed by atoms with Gasteiger partial charge in [-0.25, -0.2) is 4.39 Å². The summed E-state index contributed by atoms with van der Waals surface area (Å²) in [5.74, 6) is -0.203. The molecule has 2 aromatic rings. The summed E-state index contributed by atoms with van der Waals surface area (Å²) in [6.45, 7) is 2.17. The molecule has 2 nitrogen and oxygen atoms in total. The van der Waals surface area contributed by atoms with Crippen molar-refractivity contribution >= 4 is 0 Å². The third-order valence-electron chi connectivity index (χ3n) is 5.66. The highest BCUT2D eigenvalue weighted by Crippen LogP contribution is 2.38. The first kappa shape index (κ1) is 22.0. The molecule has 5 heteroatoms. The lowest BCUT2D eigenvalue weighted by atomic mass is 9.78. The summed E-state index contributed by atoms with van der Waals surface area (Å²) in [7, 11) is 0. The summed E-state index contributed by atoms with van der Waals surface area (Å²) >= 11 is 0. The molecule has 30 heavy (non-hydrogen) atoms. The van der Waals surface area contributed by atoms with Gasteiger partial charge in [0.1, 0.15) is 17.6 Å². The van der Waals surface area contributed by atoms with Gasteiger partial charge in [-0.3, -0.25) is 0 Å². The number of alkyl halides is 2. The Morgan fingerprint density at radius 2 is 1.80 bits per heavy atom. The average molecular weight is 413 g/mol. The summed E-state index contributed by atoms with van der Waals surface area (Å²) in [5.41, 5.74) is 0.563. The normalized spacial score (nSPS) is 19.6. The second kappa shape index (κ2) is 9.84. The van der Waals surface area contributed by atoms with E-state index in [0.29, 0.717) is 11.8 Å². The van der Waals surface area contributed by atoms with Crippen molar-refractivity contribution < 1.29 is 17.9 Å². The molecule has 0 amide bonds. The molecule has 0 aromatic heterocycles. The molecule has 0 spiro atoms. The Morgan fingerprint density at radius 3 is 2.40 bits per heavy atom. The Kier molecular flexibility index (Phi) is 7.20. The van der Waals surface area contributed by atoms with Gasteiger partial charge >= 0.3 is 6.11 Å². The van der Waals surface area contributed by atoms with Crippen molar-refractivity contribution in [3.05, 3.63) is 77.1 Å². The molecule has 0 atom stereocenters. The van der Waals surface area contributed by atoms with E-state index in [1.165, 1.54) is 12.1 Å². The van der Waals surface area contributed by atoms with Crippen LogP contribution in [-0.2, 0) is 6.11 Å². The number of hydrogen-bond acceptors (Lipinski definition) is 2. The summed E-state index contributed by atoms with van der Waals surface area (Å²) in [4.78, 5) is 0. The molecule has 1 fully saturated rings. The predicted octanol–water partition coefficient (Wildman–Crippen LogP) is 7.46. The zero-order valence-corrected chi connectivity index (χ0v) is 17.1. The van der Waals surface area contributed by atoms with Gasteiger partial charge in [-0.05, 0) is 73.8 Å². The van der Waals surface area contributed by atoms with E-state index in [1.807, 2.05) is 0 Å². The van der Waals surface area contributed by atoms with Crippen molar-refractivity contribution in [3.63, 3.8) is 0 Å². The molecule has 0 bridgehead atoms. The second-order valence-corrected chi connectivity index (χ2v) is 7.82. The first-order valence-corrected chi connectivity index (χ1v) is 10.5. The number of rotatable bonds is 7. The Hall–Kier alpha value is -2.74. The maximum atomic E-state index is 14.5. The molecule has 1 aliphatic rings. The van der Waals surface area contributed by atoms with Crippen LogP contribution in [0.1, 0.15) is 68.1 Å². The van der Waals surface area contributed by atoms with E-state index in [9.17, 15) is 13.2 Å². The van der Waals surface area contributed by atoms with E-state index >= 15 is 0 Å². The topological polar surface area (TPSA) is 33.0 Å². The molecule has 3 rings (SSSR count). The molecule has 0 radical (unpaired) electrons. The fourth-order valence-corrected chi connectivity index (χ4v) is 3.91. The van der Waals surface area contributed by atoms with Gasteiger partial charge in [0, 0.05) is 6.07 Å². The third-order valence-corrected chi connectivity index (χ3v) is 5.66. The number of allylic oxidation sites excluding steroid dienone is 2. The first-order chi connectivity index (χ1) is 14.4. The highest BCUT2D eigenvalue weighted by Gasteiger charge is 2.35. The Balaban J connectivity index is 1.62.